The molecule has 24 heavy (non-hydrogen) atoms. The van der Waals surface area contributed by atoms with Gasteiger partial charge in [0.15, 0.2) is 0 Å². The third-order valence-corrected chi connectivity index (χ3v) is 5.62. The quantitative estimate of drug-likeness (QED) is 0.365. The van der Waals surface area contributed by atoms with Crippen LogP contribution in [0.2, 0.25) is 0 Å². The van der Waals surface area contributed by atoms with Crippen LogP contribution >= 0.6 is 23.5 Å². The summed E-state index contributed by atoms with van der Waals surface area (Å²) in [5.74, 6) is 7.59. The Hall–Kier alpha value is -1.63. The third kappa shape index (κ3) is 4.93. The molecular weight excluding hydrogens is 338 g/mol. The lowest BCUT2D eigenvalue weighted by Crippen LogP contribution is -2.26. The Morgan fingerprint density at radius 1 is 1.25 bits per heavy atom. The molecule has 128 valence electrons. The minimum Gasteiger partial charge on any atom is -0.497 e. The van der Waals surface area contributed by atoms with Gasteiger partial charge in [0.1, 0.15) is 10.1 Å². The van der Waals surface area contributed by atoms with Crippen molar-refractivity contribution in [2.75, 3.05) is 25.4 Å². The first-order valence-electron chi connectivity index (χ1n) is 7.51. The van der Waals surface area contributed by atoms with Gasteiger partial charge in [-0.15, -0.1) is 11.8 Å². The van der Waals surface area contributed by atoms with Gasteiger partial charge < -0.3 is 9.75 Å². The maximum Gasteiger partial charge on any atom is 0.130 e. The summed E-state index contributed by atoms with van der Waals surface area (Å²) < 4.78 is 6.27. The SMILES string of the molecule is COc1cccc(/N=C(/SC)SCc2c(C)cccc2N(C)N)c1. The van der Waals surface area contributed by atoms with E-state index in [-0.39, 0.29) is 0 Å². The molecule has 0 aliphatic carbocycles. The van der Waals surface area contributed by atoms with Gasteiger partial charge in [0.2, 0.25) is 0 Å². The molecule has 2 aromatic rings. The number of aryl methyl sites for hydroxylation is 1. The molecule has 0 fully saturated rings. The van der Waals surface area contributed by atoms with Gasteiger partial charge in [-0.1, -0.05) is 30.0 Å². The smallest absolute Gasteiger partial charge is 0.130 e. The van der Waals surface area contributed by atoms with Crippen molar-refractivity contribution in [2.45, 2.75) is 12.7 Å². The fraction of sp³-hybridized carbons (Fsp3) is 0.278. The Bertz CT molecular complexity index is 717. The lowest BCUT2D eigenvalue weighted by molar-refractivity contribution is 0.415. The van der Waals surface area contributed by atoms with E-state index < -0.39 is 0 Å². The zero-order valence-electron chi connectivity index (χ0n) is 14.4. The van der Waals surface area contributed by atoms with Gasteiger partial charge in [0.25, 0.3) is 0 Å². The number of anilines is 1. The second-order valence-electron chi connectivity index (χ2n) is 5.26. The van der Waals surface area contributed by atoms with Gasteiger partial charge in [-0.05, 0) is 42.5 Å². The van der Waals surface area contributed by atoms with E-state index in [0.717, 1.165) is 27.3 Å². The fourth-order valence-corrected chi connectivity index (χ4v) is 3.92. The molecule has 6 heteroatoms. The van der Waals surface area contributed by atoms with Crippen molar-refractivity contribution in [2.24, 2.45) is 10.8 Å². The van der Waals surface area contributed by atoms with E-state index in [4.69, 9.17) is 15.6 Å². The summed E-state index contributed by atoms with van der Waals surface area (Å²) in [6.45, 7) is 2.11. The van der Waals surface area contributed by atoms with E-state index in [2.05, 4.69) is 13.0 Å². The highest BCUT2D eigenvalue weighted by Gasteiger charge is 2.10. The van der Waals surface area contributed by atoms with Crippen molar-refractivity contribution < 1.29 is 4.74 Å². The van der Waals surface area contributed by atoms with Gasteiger partial charge in [-0.25, -0.2) is 10.8 Å². The summed E-state index contributed by atoms with van der Waals surface area (Å²) >= 11 is 3.36. The Labute approximate surface area is 152 Å². The highest BCUT2D eigenvalue weighted by atomic mass is 32.2. The number of hydrogen-bond donors (Lipinski definition) is 1. The Morgan fingerprint density at radius 2 is 2.00 bits per heavy atom. The standard InChI is InChI=1S/C18H23N3OS2/c1-13-7-5-10-17(21(2)19)16(13)12-24-18(23-4)20-14-8-6-9-15(11-14)22-3/h5-11H,12,19H2,1-4H3/b20-18-. The van der Waals surface area contributed by atoms with Crippen LogP contribution in [0, 0.1) is 6.92 Å². The molecule has 0 spiro atoms. The van der Waals surface area contributed by atoms with Gasteiger partial charge in [-0.3, -0.25) is 0 Å². The number of thioether (sulfide) groups is 2. The highest BCUT2D eigenvalue weighted by Crippen LogP contribution is 2.30. The monoisotopic (exact) mass is 361 g/mol. The van der Waals surface area contributed by atoms with Gasteiger partial charge in [-0.2, -0.15) is 0 Å². The molecule has 0 saturated carbocycles. The molecule has 0 heterocycles. The van der Waals surface area contributed by atoms with Crippen LogP contribution in [0.3, 0.4) is 0 Å². The molecule has 2 aromatic carbocycles. The summed E-state index contributed by atoms with van der Waals surface area (Å²) in [6, 6.07) is 14.0. The molecule has 2 N–H and O–H groups in total. The molecule has 0 amide bonds. The average Bonchev–Trinajstić information content (AvgIpc) is 2.59. The summed E-state index contributed by atoms with van der Waals surface area (Å²) in [6.07, 6.45) is 2.04. The Balaban J connectivity index is 2.18. The average molecular weight is 362 g/mol. The molecule has 0 unspecified atom stereocenters. The van der Waals surface area contributed by atoms with Crippen LogP contribution in [-0.2, 0) is 5.75 Å². The van der Waals surface area contributed by atoms with Crippen molar-refractivity contribution in [3.05, 3.63) is 53.6 Å². The predicted molar refractivity (Wildman–Crippen MR) is 109 cm³/mol. The van der Waals surface area contributed by atoms with Crippen LogP contribution < -0.4 is 15.6 Å². The largest absolute Gasteiger partial charge is 0.497 e. The van der Waals surface area contributed by atoms with Crippen molar-refractivity contribution in [3.63, 3.8) is 0 Å². The second kappa shape index (κ2) is 9.01. The normalized spacial score (nSPS) is 11.5. The van der Waals surface area contributed by atoms with E-state index in [9.17, 15) is 0 Å². The molecule has 0 aliphatic rings. The van der Waals surface area contributed by atoms with Gasteiger partial charge >= 0.3 is 0 Å². The summed E-state index contributed by atoms with van der Waals surface area (Å²) in [5.41, 5.74) is 4.41. The number of ether oxygens (including phenoxy) is 1. The van der Waals surface area contributed by atoms with E-state index in [1.807, 2.05) is 49.7 Å². The number of hydrazine groups is 1. The summed E-state index contributed by atoms with van der Waals surface area (Å²) in [7, 11) is 3.53. The topological polar surface area (TPSA) is 50.8 Å². The molecule has 2 rings (SSSR count). The molecular formula is C18H23N3OS2. The van der Waals surface area contributed by atoms with Crippen molar-refractivity contribution >= 4 is 39.3 Å². The molecule has 0 aliphatic heterocycles. The van der Waals surface area contributed by atoms with Crippen LogP contribution in [0.4, 0.5) is 11.4 Å². The van der Waals surface area contributed by atoms with E-state index in [0.29, 0.717) is 0 Å². The number of hydrogen-bond acceptors (Lipinski definition) is 6. The first kappa shape index (κ1) is 18.7. The van der Waals surface area contributed by atoms with Crippen molar-refractivity contribution in [1.29, 1.82) is 0 Å². The lowest BCUT2D eigenvalue weighted by Gasteiger charge is -2.18. The number of benzene rings is 2. The zero-order chi connectivity index (χ0) is 17.5. The number of rotatable bonds is 5. The summed E-state index contributed by atoms with van der Waals surface area (Å²) in [5, 5.41) is 1.67. The minimum atomic E-state index is 0.813. The van der Waals surface area contributed by atoms with Gasteiger partial charge in [0, 0.05) is 18.9 Å². The van der Waals surface area contributed by atoms with Crippen molar-refractivity contribution in [3.8, 4) is 5.75 Å². The second-order valence-corrected chi connectivity index (χ2v) is 7.27. The zero-order valence-corrected chi connectivity index (χ0v) is 16.1. The summed E-state index contributed by atoms with van der Waals surface area (Å²) in [4.78, 5) is 4.72. The number of methoxy groups -OCH3 is 1. The molecule has 4 nitrogen and oxygen atoms in total. The molecule has 0 radical (unpaired) electrons. The Kier molecular flexibility index (Phi) is 7.02. The van der Waals surface area contributed by atoms with Crippen LogP contribution in [0.25, 0.3) is 0 Å². The van der Waals surface area contributed by atoms with Gasteiger partial charge in [0.05, 0.1) is 18.5 Å². The minimum absolute atomic E-state index is 0.813. The molecule has 0 aromatic heterocycles. The van der Waals surface area contributed by atoms with Crippen LogP contribution in [0.15, 0.2) is 47.5 Å². The van der Waals surface area contributed by atoms with Crippen molar-refractivity contribution in [1.82, 2.24) is 0 Å². The Morgan fingerprint density at radius 3 is 2.67 bits per heavy atom. The van der Waals surface area contributed by atoms with Crippen LogP contribution in [0.1, 0.15) is 11.1 Å². The maximum absolute atomic E-state index is 5.95. The number of nitrogens with zero attached hydrogens (tertiary/aromatic N) is 2. The predicted octanol–water partition coefficient (Wildman–Crippen LogP) is 4.60. The fourth-order valence-electron chi connectivity index (χ4n) is 2.26. The van der Waals surface area contributed by atoms with Crippen LogP contribution in [0.5, 0.6) is 5.75 Å². The van der Waals surface area contributed by atoms with E-state index in [1.54, 1.807) is 35.6 Å². The molecule has 0 bridgehead atoms. The van der Waals surface area contributed by atoms with Crippen LogP contribution in [-0.4, -0.2) is 24.8 Å². The van der Waals surface area contributed by atoms with E-state index in [1.165, 1.54) is 11.1 Å². The number of nitrogens with two attached hydrogens (primary N) is 1. The van der Waals surface area contributed by atoms with E-state index >= 15 is 0 Å². The number of aliphatic imine (C=N–C) groups is 1. The maximum atomic E-state index is 5.95. The molecule has 0 saturated heterocycles. The first-order chi connectivity index (χ1) is 11.5. The third-order valence-electron chi connectivity index (χ3n) is 3.55. The first-order valence-corrected chi connectivity index (χ1v) is 9.72. The highest BCUT2D eigenvalue weighted by molar-refractivity contribution is 8.38. The lowest BCUT2D eigenvalue weighted by atomic mass is 10.1. The molecule has 0 atom stereocenters.